The van der Waals surface area contributed by atoms with E-state index >= 15 is 0 Å². The lowest BCUT2D eigenvalue weighted by Crippen LogP contribution is -2.58. The Labute approximate surface area is 201 Å². The number of nitrogens with zero attached hydrogens (tertiary/aromatic N) is 5. The maximum absolute atomic E-state index is 13.4. The minimum absolute atomic E-state index is 0.000833. The number of aliphatic carboxylic acids is 1. The molecule has 35 heavy (non-hydrogen) atoms. The number of rotatable bonds is 5. The van der Waals surface area contributed by atoms with Crippen molar-refractivity contribution in [2.75, 3.05) is 24.5 Å². The summed E-state index contributed by atoms with van der Waals surface area (Å²) in [6.07, 6.45) is 4.72. The summed E-state index contributed by atoms with van der Waals surface area (Å²) in [6, 6.07) is 13.2. The molecule has 10 nitrogen and oxygen atoms in total. The number of carboxylic acid groups (broad SMARTS) is 1. The van der Waals surface area contributed by atoms with Gasteiger partial charge in [-0.05, 0) is 41.5 Å². The van der Waals surface area contributed by atoms with Crippen LogP contribution in [0.1, 0.15) is 0 Å². The SMILES string of the molecule is O=C(O)[C@H]1CN(c2cnc3cnccc3n2)CCN1S(=O)(=O)c1ccc(-c2cccc(O)c2)cc1. The summed E-state index contributed by atoms with van der Waals surface area (Å²) in [4.78, 5) is 26.7. The molecule has 0 unspecified atom stereocenters. The Morgan fingerprint density at radius 3 is 2.51 bits per heavy atom. The normalized spacial score (nSPS) is 16.9. The quantitative estimate of drug-likeness (QED) is 0.431. The maximum Gasteiger partial charge on any atom is 0.323 e. The van der Waals surface area contributed by atoms with Crippen molar-refractivity contribution >= 4 is 32.8 Å². The second kappa shape index (κ2) is 8.93. The first-order valence-corrected chi connectivity index (χ1v) is 12.2. The van der Waals surface area contributed by atoms with Gasteiger partial charge in [-0.1, -0.05) is 24.3 Å². The van der Waals surface area contributed by atoms with E-state index in [9.17, 15) is 23.4 Å². The maximum atomic E-state index is 13.4. The molecule has 1 saturated heterocycles. The standard InChI is InChI=1S/C24H21N5O5S/c30-18-3-1-2-17(12-18)16-4-6-19(7-5-16)35(33,34)29-11-10-28(15-22(29)24(31)32)23-14-26-21-13-25-9-8-20(21)27-23/h1-9,12-14,22,30H,10-11,15H2,(H,31,32)/t22-/m1/s1. The summed E-state index contributed by atoms with van der Waals surface area (Å²) in [5, 5.41) is 19.6. The van der Waals surface area contributed by atoms with Crippen molar-refractivity contribution in [3.05, 3.63) is 73.2 Å². The summed E-state index contributed by atoms with van der Waals surface area (Å²) >= 11 is 0. The highest BCUT2D eigenvalue weighted by molar-refractivity contribution is 7.89. The molecule has 1 aliphatic rings. The highest BCUT2D eigenvalue weighted by Crippen LogP contribution is 2.28. The molecule has 0 radical (unpaired) electrons. The number of benzene rings is 2. The first-order valence-electron chi connectivity index (χ1n) is 10.8. The number of hydrogen-bond acceptors (Lipinski definition) is 8. The van der Waals surface area contributed by atoms with Gasteiger partial charge in [0.05, 0.1) is 22.8 Å². The molecule has 2 N–H and O–H groups in total. The zero-order valence-corrected chi connectivity index (χ0v) is 19.2. The third-order valence-electron chi connectivity index (χ3n) is 5.91. The number of piperazine rings is 1. The lowest BCUT2D eigenvalue weighted by molar-refractivity contribution is -0.141. The van der Waals surface area contributed by atoms with Crippen LogP contribution in [0.5, 0.6) is 5.75 Å². The number of phenols is 1. The molecule has 0 aliphatic carbocycles. The minimum Gasteiger partial charge on any atom is -0.508 e. The van der Waals surface area contributed by atoms with Gasteiger partial charge in [-0.15, -0.1) is 0 Å². The lowest BCUT2D eigenvalue weighted by Gasteiger charge is -2.38. The molecule has 3 heterocycles. The average Bonchev–Trinajstić information content (AvgIpc) is 2.88. The van der Waals surface area contributed by atoms with Crippen LogP contribution in [-0.4, -0.2) is 69.5 Å². The van der Waals surface area contributed by atoms with E-state index in [1.165, 1.54) is 18.3 Å². The first-order chi connectivity index (χ1) is 16.8. The zero-order chi connectivity index (χ0) is 24.6. The number of carbonyl (C=O) groups is 1. The van der Waals surface area contributed by atoms with E-state index in [2.05, 4.69) is 15.0 Å². The second-order valence-corrected chi connectivity index (χ2v) is 9.97. The fraction of sp³-hybridized carbons (Fsp3) is 0.167. The highest BCUT2D eigenvalue weighted by Gasteiger charge is 2.40. The number of phenolic OH excluding ortho intramolecular Hbond substituents is 1. The van der Waals surface area contributed by atoms with E-state index in [4.69, 9.17) is 0 Å². The van der Waals surface area contributed by atoms with Gasteiger partial charge in [-0.3, -0.25) is 9.78 Å². The van der Waals surface area contributed by atoms with Crippen LogP contribution in [0.2, 0.25) is 0 Å². The van der Waals surface area contributed by atoms with E-state index in [0.29, 0.717) is 16.9 Å². The van der Waals surface area contributed by atoms with Crippen molar-refractivity contribution < 1.29 is 23.4 Å². The molecule has 0 saturated carbocycles. The van der Waals surface area contributed by atoms with E-state index in [1.54, 1.807) is 59.8 Å². The van der Waals surface area contributed by atoms with Crippen molar-refractivity contribution in [2.24, 2.45) is 0 Å². The average molecular weight is 492 g/mol. The number of anilines is 1. The van der Waals surface area contributed by atoms with Gasteiger partial charge in [0, 0.05) is 25.8 Å². The molecular weight excluding hydrogens is 470 g/mol. The molecule has 0 bridgehead atoms. The molecule has 1 aliphatic heterocycles. The Kier molecular flexibility index (Phi) is 5.79. The number of fused-ring (bicyclic) bond motifs is 1. The Morgan fingerprint density at radius 2 is 1.77 bits per heavy atom. The molecule has 0 spiro atoms. The Bertz CT molecular complexity index is 1510. The van der Waals surface area contributed by atoms with Crippen LogP contribution in [0.3, 0.4) is 0 Å². The van der Waals surface area contributed by atoms with Crippen LogP contribution < -0.4 is 4.90 Å². The van der Waals surface area contributed by atoms with Crippen molar-refractivity contribution in [1.29, 1.82) is 0 Å². The van der Waals surface area contributed by atoms with E-state index in [1.807, 2.05) is 0 Å². The monoisotopic (exact) mass is 491 g/mol. The topological polar surface area (TPSA) is 137 Å². The van der Waals surface area contributed by atoms with Crippen molar-refractivity contribution in [3.63, 3.8) is 0 Å². The van der Waals surface area contributed by atoms with Gasteiger partial charge in [0.15, 0.2) is 0 Å². The molecule has 178 valence electrons. The van der Waals surface area contributed by atoms with Gasteiger partial charge in [-0.2, -0.15) is 4.31 Å². The van der Waals surface area contributed by atoms with Crippen LogP contribution in [0, 0.1) is 0 Å². The van der Waals surface area contributed by atoms with Gasteiger partial charge in [0.1, 0.15) is 23.1 Å². The predicted molar refractivity (Wildman–Crippen MR) is 128 cm³/mol. The summed E-state index contributed by atoms with van der Waals surface area (Å²) < 4.78 is 27.8. The van der Waals surface area contributed by atoms with Crippen molar-refractivity contribution in [2.45, 2.75) is 10.9 Å². The van der Waals surface area contributed by atoms with Gasteiger partial charge in [-0.25, -0.2) is 18.4 Å². The van der Waals surface area contributed by atoms with Gasteiger partial charge < -0.3 is 15.1 Å². The third-order valence-corrected chi connectivity index (χ3v) is 7.83. The molecular formula is C24H21N5O5S. The summed E-state index contributed by atoms with van der Waals surface area (Å²) in [6.45, 7) is 0.167. The van der Waals surface area contributed by atoms with Gasteiger partial charge >= 0.3 is 5.97 Å². The minimum atomic E-state index is -4.07. The van der Waals surface area contributed by atoms with E-state index in [-0.39, 0.29) is 30.3 Å². The number of hydrogen-bond donors (Lipinski definition) is 2. The van der Waals surface area contributed by atoms with Gasteiger partial charge in [0.25, 0.3) is 0 Å². The summed E-state index contributed by atoms with van der Waals surface area (Å²) in [5.74, 6) is -0.663. The molecule has 1 fully saturated rings. The predicted octanol–water partition coefficient (Wildman–Crippen LogP) is 2.36. The number of sulfonamides is 1. The van der Waals surface area contributed by atoms with Crippen LogP contribution >= 0.6 is 0 Å². The summed E-state index contributed by atoms with van der Waals surface area (Å²) in [7, 11) is -4.07. The van der Waals surface area contributed by atoms with Crippen molar-refractivity contribution in [3.8, 4) is 16.9 Å². The van der Waals surface area contributed by atoms with E-state index in [0.717, 1.165) is 15.4 Å². The number of pyridine rings is 1. The highest BCUT2D eigenvalue weighted by atomic mass is 32.2. The molecule has 11 heteroatoms. The number of aromatic nitrogens is 3. The fourth-order valence-corrected chi connectivity index (χ4v) is 5.67. The molecule has 1 atom stereocenters. The zero-order valence-electron chi connectivity index (χ0n) is 18.4. The molecule has 2 aromatic heterocycles. The van der Waals surface area contributed by atoms with E-state index < -0.39 is 22.0 Å². The van der Waals surface area contributed by atoms with Gasteiger partial charge in [0.2, 0.25) is 10.0 Å². The first kappa shape index (κ1) is 22.7. The Morgan fingerprint density at radius 1 is 0.971 bits per heavy atom. The molecule has 0 amide bonds. The van der Waals surface area contributed by atoms with Crippen LogP contribution in [0.25, 0.3) is 22.2 Å². The number of carboxylic acids is 1. The molecule has 2 aromatic carbocycles. The Balaban J connectivity index is 1.40. The largest absolute Gasteiger partial charge is 0.508 e. The second-order valence-electron chi connectivity index (χ2n) is 8.08. The third kappa shape index (κ3) is 4.38. The Hall–Kier alpha value is -4.09. The van der Waals surface area contributed by atoms with Crippen molar-refractivity contribution in [1.82, 2.24) is 19.3 Å². The smallest absolute Gasteiger partial charge is 0.323 e. The number of aromatic hydroxyl groups is 1. The lowest BCUT2D eigenvalue weighted by atomic mass is 10.1. The van der Waals surface area contributed by atoms with Crippen LogP contribution in [0.4, 0.5) is 5.82 Å². The van der Waals surface area contributed by atoms with Crippen LogP contribution in [0.15, 0.2) is 78.1 Å². The summed E-state index contributed by atoms with van der Waals surface area (Å²) in [5.41, 5.74) is 2.69. The molecule has 5 rings (SSSR count). The van der Waals surface area contributed by atoms with Crippen LogP contribution in [-0.2, 0) is 14.8 Å². The fourth-order valence-electron chi connectivity index (χ4n) is 4.11. The molecule has 4 aromatic rings.